The van der Waals surface area contributed by atoms with Crippen LogP contribution >= 0.6 is 11.6 Å². The fourth-order valence-electron chi connectivity index (χ4n) is 2.24. The average molecular weight is 309 g/mol. The number of hydrogen-bond donors (Lipinski definition) is 1. The molecule has 0 spiro atoms. The van der Waals surface area contributed by atoms with E-state index in [-0.39, 0.29) is 5.69 Å². The molecule has 0 unspecified atom stereocenters. The highest BCUT2D eigenvalue weighted by molar-refractivity contribution is 6.31. The van der Waals surface area contributed by atoms with Gasteiger partial charge in [0.1, 0.15) is 0 Å². The molecular formula is C14H17ClN4O2. The molecule has 0 saturated carbocycles. The maximum absolute atomic E-state index is 11.0. The van der Waals surface area contributed by atoms with Crippen molar-refractivity contribution in [2.24, 2.45) is 7.05 Å². The molecule has 21 heavy (non-hydrogen) atoms. The smallest absolute Gasteiger partial charge is 0.275 e. The highest BCUT2D eigenvalue weighted by Crippen LogP contribution is 2.26. The van der Waals surface area contributed by atoms with E-state index in [2.05, 4.69) is 10.4 Å². The summed E-state index contributed by atoms with van der Waals surface area (Å²) in [5.74, 6) is 0. The monoisotopic (exact) mass is 308 g/mol. The second kappa shape index (κ2) is 6.69. The quantitative estimate of drug-likeness (QED) is 0.658. The molecule has 1 aromatic heterocycles. The van der Waals surface area contributed by atoms with Crippen molar-refractivity contribution in [3.8, 4) is 0 Å². The number of aromatic nitrogens is 2. The predicted molar refractivity (Wildman–Crippen MR) is 81.2 cm³/mol. The van der Waals surface area contributed by atoms with Crippen LogP contribution in [0.5, 0.6) is 0 Å². The fourth-order valence-corrected chi connectivity index (χ4v) is 2.48. The number of rotatable bonds is 6. The molecule has 0 radical (unpaired) electrons. The van der Waals surface area contributed by atoms with Crippen LogP contribution in [0.1, 0.15) is 23.7 Å². The number of aryl methyl sites for hydroxylation is 2. The van der Waals surface area contributed by atoms with Gasteiger partial charge in [-0.15, -0.1) is 0 Å². The Bertz CT molecular complexity index is 654. The minimum Gasteiger partial charge on any atom is -0.308 e. The SMILES string of the molecule is CCc1nn(C)cc1CNCc1c(Cl)cccc1[N+](=O)[O-]. The molecule has 112 valence electrons. The molecule has 0 aliphatic rings. The molecular weight excluding hydrogens is 292 g/mol. The van der Waals surface area contributed by atoms with Gasteiger partial charge in [-0.1, -0.05) is 24.6 Å². The van der Waals surface area contributed by atoms with Crippen molar-refractivity contribution in [3.05, 3.63) is 56.4 Å². The van der Waals surface area contributed by atoms with Gasteiger partial charge in [-0.3, -0.25) is 14.8 Å². The summed E-state index contributed by atoms with van der Waals surface area (Å²) in [5.41, 5.74) is 2.66. The van der Waals surface area contributed by atoms with Gasteiger partial charge < -0.3 is 5.32 Å². The highest BCUT2D eigenvalue weighted by atomic mass is 35.5. The van der Waals surface area contributed by atoms with E-state index < -0.39 is 4.92 Å². The summed E-state index contributed by atoms with van der Waals surface area (Å²) in [5, 5.41) is 19.0. The Kier molecular flexibility index (Phi) is 4.93. The van der Waals surface area contributed by atoms with Crippen LogP contribution < -0.4 is 5.32 Å². The van der Waals surface area contributed by atoms with Crippen molar-refractivity contribution in [1.82, 2.24) is 15.1 Å². The number of nitro groups is 1. The fraction of sp³-hybridized carbons (Fsp3) is 0.357. The Morgan fingerprint density at radius 2 is 2.19 bits per heavy atom. The Morgan fingerprint density at radius 1 is 1.43 bits per heavy atom. The first-order valence-corrected chi connectivity index (χ1v) is 7.04. The number of nitrogens with zero attached hydrogens (tertiary/aromatic N) is 3. The first-order chi connectivity index (χ1) is 10.0. The number of benzene rings is 1. The third-order valence-corrected chi connectivity index (χ3v) is 3.59. The van der Waals surface area contributed by atoms with Gasteiger partial charge in [0, 0.05) is 38.0 Å². The van der Waals surface area contributed by atoms with Crippen LogP contribution in [0, 0.1) is 10.1 Å². The molecule has 0 bridgehead atoms. The summed E-state index contributed by atoms with van der Waals surface area (Å²) >= 11 is 6.06. The normalized spacial score (nSPS) is 10.8. The van der Waals surface area contributed by atoms with Gasteiger partial charge in [0.15, 0.2) is 0 Å². The molecule has 0 fully saturated rings. The minimum atomic E-state index is -0.412. The lowest BCUT2D eigenvalue weighted by Crippen LogP contribution is -2.14. The molecule has 1 N–H and O–H groups in total. The second-order valence-electron chi connectivity index (χ2n) is 4.73. The minimum absolute atomic E-state index is 0.0388. The van der Waals surface area contributed by atoms with Crippen molar-refractivity contribution < 1.29 is 4.92 Å². The summed E-state index contributed by atoms with van der Waals surface area (Å²) in [7, 11) is 1.88. The molecule has 0 aliphatic heterocycles. The van der Waals surface area contributed by atoms with E-state index in [1.807, 2.05) is 20.2 Å². The Balaban J connectivity index is 2.08. The maximum atomic E-state index is 11.0. The third-order valence-electron chi connectivity index (χ3n) is 3.23. The van der Waals surface area contributed by atoms with Gasteiger partial charge in [0.05, 0.1) is 21.2 Å². The second-order valence-corrected chi connectivity index (χ2v) is 5.13. The van der Waals surface area contributed by atoms with Crippen LogP contribution in [0.3, 0.4) is 0 Å². The molecule has 2 aromatic rings. The zero-order valence-electron chi connectivity index (χ0n) is 12.0. The topological polar surface area (TPSA) is 73.0 Å². The van der Waals surface area contributed by atoms with Crippen molar-refractivity contribution in [1.29, 1.82) is 0 Å². The predicted octanol–water partition coefficient (Wildman–Crippen LogP) is 2.83. The van der Waals surface area contributed by atoms with Crippen molar-refractivity contribution >= 4 is 17.3 Å². The van der Waals surface area contributed by atoms with Crippen molar-refractivity contribution in [2.45, 2.75) is 26.4 Å². The molecule has 0 atom stereocenters. The Hall–Kier alpha value is -1.92. The third kappa shape index (κ3) is 3.59. The number of halogens is 1. The van der Waals surface area contributed by atoms with E-state index in [0.29, 0.717) is 23.7 Å². The molecule has 0 saturated heterocycles. The van der Waals surface area contributed by atoms with Gasteiger partial charge >= 0.3 is 0 Å². The lowest BCUT2D eigenvalue weighted by atomic mass is 10.1. The number of nitro benzene ring substituents is 1. The molecule has 7 heteroatoms. The summed E-state index contributed by atoms with van der Waals surface area (Å²) in [4.78, 5) is 10.6. The van der Waals surface area contributed by atoms with Gasteiger partial charge in [-0.25, -0.2) is 0 Å². The molecule has 1 heterocycles. The van der Waals surface area contributed by atoms with Gasteiger partial charge in [0.2, 0.25) is 0 Å². The lowest BCUT2D eigenvalue weighted by Gasteiger charge is -2.07. The lowest BCUT2D eigenvalue weighted by molar-refractivity contribution is -0.385. The van der Waals surface area contributed by atoms with E-state index in [1.54, 1.807) is 16.8 Å². The average Bonchev–Trinajstić information content (AvgIpc) is 2.80. The van der Waals surface area contributed by atoms with E-state index in [9.17, 15) is 10.1 Å². The maximum Gasteiger partial charge on any atom is 0.275 e. The first kappa shape index (κ1) is 15.5. The number of hydrogen-bond acceptors (Lipinski definition) is 4. The Morgan fingerprint density at radius 3 is 2.86 bits per heavy atom. The van der Waals surface area contributed by atoms with Crippen LogP contribution in [-0.2, 0) is 26.6 Å². The van der Waals surface area contributed by atoms with Crippen LogP contribution in [0.4, 0.5) is 5.69 Å². The van der Waals surface area contributed by atoms with E-state index in [1.165, 1.54) is 6.07 Å². The van der Waals surface area contributed by atoms with Gasteiger partial charge in [0.25, 0.3) is 5.69 Å². The zero-order valence-corrected chi connectivity index (χ0v) is 12.7. The van der Waals surface area contributed by atoms with Gasteiger partial charge in [-0.05, 0) is 12.5 Å². The highest BCUT2D eigenvalue weighted by Gasteiger charge is 2.16. The molecule has 1 aromatic carbocycles. The van der Waals surface area contributed by atoms with Crippen LogP contribution in [0.25, 0.3) is 0 Å². The molecule has 0 amide bonds. The first-order valence-electron chi connectivity index (χ1n) is 6.66. The molecule has 6 nitrogen and oxygen atoms in total. The zero-order chi connectivity index (χ0) is 15.4. The summed E-state index contributed by atoms with van der Waals surface area (Å²) < 4.78 is 1.77. The summed E-state index contributed by atoms with van der Waals surface area (Å²) in [6.07, 6.45) is 2.80. The van der Waals surface area contributed by atoms with Gasteiger partial charge in [-0.2, -0.15) is 5.10 Å². The summed E-state index contributed by atoms with van der Waals surface area (Å²) in [6, 6.07) is 4.71. The molecule has 0 aliphatic carbocycles. The van der Waals surface area contributed by atoms with Crippen molar-refractivity contribution in [3.63, 3.8) is 0 Å². The standard InChI is InChI=1S/C14H17ClN4O2/c1-3-13-10(9-18(2)17-13)7-16-8-11-12(15)5-4-6-14(11)19(20)21/h4-6,9,16H,3,7-8H2,1-2H3. The van der Waals surface area contributed by atoms with Crippen LogP contribution in [0.15, 0.2) is 24.4 Å². The number of nitrogens with one attached hydrogen (secondary N) is 1. The largest absolute Gasteiger partial charge is 0.308 e. The van der Waals surface area contributed by atoms with E-state index >= 15 is 0 Å². The Labute approximate surface area is 127 Å². The summed E-state index contributed by atoms with van der Waals surface area (Å²) in [6.45, 7) is 2.98. The van der Waals surface area contributed by atoms with Crippen molar-refractivity contribution in [2.75, 3.05) is 0 Å². The van der Waals surface area contributed by atoms with E-state index in [0.717, 1.165) is 17.7 Å². The van der Waals surface area contributed by atoms with E-state index in [4.69, 9.17) is 11.6 Å². The molecule has 2 rings (SSSR count). The van der Waals surface area contributed by atoms with Crippen LogP contribution in [0.2, 0.25) is 5.02 Å². The van der Waals surface area contributed by atoms with Crippen LogP contribution in [-0.4, -0.2) is 14.7 Å².